The van der Waals surface area contributed by atoms with E-state index < -0.39 is 5.82 Å². The van der Waals surface area contributed by atoms with Gasteiger partial charge in [0.2, 0.25) is 0 Å². The SMILES string of the molecule is CCNCCNC(=O)c1cc(F)cc2nc(C)c(C)nc12. The van der Waals surface area contributed by atoms with Gasteiger partial charge in [-0.3, -0.25) is 4.79 Å². The van der Waals surface area contributed by atoms with Crippen LogP contribution in [0.1, 0.15) is 28.7 Å². The van der Waals surface area contributed by atoms with E-state index in [0.29, 0.717) is 24.1 Å². The Hall–Kier alpha value is -2.08. The lowest BCUT2D eigenvalue weighted by Gasteiger charge is -2.09. The van der Waals surface area contributed by atoms with Gasteiger partial charge in [0.15, 0.2) is 0 Å². The molecule has 0 aliphatic heterocycles. The maximum Gasteiger partial charge on any atom is 0.253 e. The van der Waals surface area contributed by atoms with Crippen molar-refractivity contribution in [3.05, 3.63) is 34.9 Å². The molecule has 0 radical (unpaired) electrons. The Morgan fingerprint density at radius 1 is 1.19 bits per heavy atom. The normalized spacial score (nSPS) is 10.9. The Morgan fingerprint density at radius 3 is 2.62 bits per heavy atom. The molecule has 6 heteroatoms. The van der Waals surface area contributed by atoms with Crippen LogP contribution in [0.2, 0.25) is 0 Å². The van der Waals surface area contributed by atoms with Crippen LogP contribution >= 0.6 is 0 Å². The van der Waals surface area contributed by atoms with E-state index in [0.717, 1.165) is 17.9 Å². The van der Waals surface area contributed by atoms with Crippen molar-refractivity contribution in [2.45, 2.75) is 20.8 Å². The largest absolute Gasteiger partial charge is 0.351 e. The van der Waals surface area contributed by atoms with Gasteiger partial charge in [0, 0.05) is 19.2 Å². The van der Waals surface area contributed by atoms with E-state index in [1.165, 1.54) is 12.1 Å². The molecule has 2 aromatic rings. The highest BCUT2D eigenvalue weighted by molar-refractivity contribution is 6.04. The third kappa shape index (κ3) is 3.52. The summed E-state index contributed by atoms with van der Waals surface area (Å²) < 4.78 is 13.7. The number of carbonyl (C=O) groups is 1. The quantitative estimate of drug-likeness (QED) is 0.823. The number of aromatic nitrogens is 2. The number of benzene rings is 1. The van der Waals surface area contributed by atoms with Gasteiger partial charge < -0.3 is 10.6 Å². The first kappa shape index (κ1) is 15.3. The molecule has 1 heterocycles. The van der Waals surface area contributed by atoms with Crippen LogP contribution in [0.25, 0.3) is 11.0 Å². The van der Waals surface area contributed by atoms with Crippen molar-refractivity contribution in [3.63, 3.8) is 0 Å². The average molecular weight is 290 g/mol. The van der Waals surface area contributed by atoms with Crippen LogP contribution in [-0.4, -0.2) is 35.5 Å². The molecule has 1 aromatic heterocycles. The third-order valence-electron chi connectivity index (χ3n) is 3.23. The lowest BCUT2D eigenvalue weighted by Crippen LogP contribution is -2.32. The second-order valence-electron chi connectivity index (χ2n) is 4.82. The minimum absolute atomic E-state index is 0.220. The summed E-state index contributed by atoms with van der Waals surface area (Å²) in [4.78, 5) is 20.9. The monoisotopic (exact) mass is 290 g/mol. The number of nitrogens with one attached hydrogen (secondary N) is 2. The van der Waals surface area contributed by atoms with Gasteiger partial charge in [0.25, 0.3) is 5.91 Å². The molecule has 0 unspecified atom stereocenters. The molecule has 0 saturated carbocycles. The fraction of sp³-hybridized carbons (Fsp3) is 0.400. The Morgan fingerprint density at radius 2 is 1.90 bits per heavy atom. The maximum absolute atomic E-state index is 13.7. The molecular weight excluding hydrogens is 271 g/mol. The zero-order valence-corrected chi connectivity index (χ0v) is 12.5. The van der Waals surface area contributed by atoms with Crippen LogP contribution in [0.4, 0.5) is 4.39 Å². The predicted molar refractivity (Wildman–Crippen MR) is 79.8 cm³/mol. The Bertz CT molecular complexity index is 672. The van der Waals surface area contributed by atoms with E-state index in [9.17, 15) is 9.18 Å². The number of nitrogens with zero attached hydrogens (tertiary/aromatic N) is 2. The van der Waals surface area contributed by atoms with Gasteiger partial charge in [0.1, 0.15) is 11.3 Å². The smallest absolute Gasteiger partial charge is 0.253 e. The molecule has 0 bridgehead atoms. The number of fused-ring (bicyclic) bond motifs is 1. The number of hydrogen-bond acceptors (Lipinski definition) is 4. The first-order chi connectivity index (χ1) is 10.0. The van der Waals surface area contributed by atoms with E-state index in [1.54, 1.807) is 0 Å². The van der Waals surface area contributed by atoms with Gasteiger partial charge in [0.05, 0.1) is 22.5 Å². The summed E-state index contributed by atoms with van der Waals surface area (Å²) in [7, 11) is 0. The lowest BCUT2D eigenvalue weighted by atomic mass is 10.1. The van der Waals surface area contributed by atoms with Crippen molar-refractivity contribution in [1.82, 2.24) is 20.6 Å². The number of carbonyl (C=O) groups excluding carboxylic acids is 1. The van der Waals surface area contributed by atoms with Crippen molar-refractivity contribution in [3.8, 4) is 0 Å². The van der Waals surface area contributed by atoms with Gasteiger partial charge >= 0.3 is 0 Å². The summed E-state index contributed by atoms with van der Waals surface area (Å²) in [5.74, 6) is -0.827. The molecule has 0 fully saturated rings. The highest BCUT2D eigenvalue weighted by Gasteiger charge is 2.15. The Kier molecular flexibility index (Phi) is 4.80. The maximum atomic E-state index is 13.7. The van der Waals surface area contributed by atoms with Crippen molar-refractivity contribution in [1.29, 1.82) is 0 Å². The van der Waals surface area contributed by atoms with Crippen LogP contribution in [0.3, 0.4) is 0 Å². The summed E-state index contributed by atoms with van der Waals surface area (Å²) in [6.45, 7) is 7.59. The molecule has 112 valence electrons. The molecule has 2 rings (SSSR count). The topological polar surface area (TPSA) is 66.9 Å². The van der Waals surface area contributed by atoms with Crippen molar-refractivity contribution >= 4 is 16.9 Å². The molecule has 0 aliphatic carbocycles. The summed E-state index contributed by atoms with van der Waals surface area (Å²) in [6.07, 6.45) is 0. The first-order valence-corrected chi connectivity index (χ1v) is 6.96. The zero-order valence-electron chi connectivity index (χ0n) is 12.5. The summed E-state index contributed by atoms with van der Waals surface area (Å²) in [6, 6.07) is 2.50. The van der Waals surface area contributed by atoms with Gasteiger partial charge in [-0.15, -0.1) is 0 Å². The van der Waals surface area contributed by atoms with E-state index in [4.69, 9.17) is 0 Å². The Balaban J connectivity index is 2.34. The standard InChI is InChI=1S/C15H19FN4O/c1-4-17-5-6-18-15(21)12-7-11(16)8-13-14(12)20-10(3)9(2)19-13/h7-8,17H,4-6H2,1-3H3,(H,18,21). The summed E-state index contributed by atoms with van der Waals surface area (Å²) in [5.41, 5.74) is 2.51. The second-order valence-corrected chi connectivity index (χ2v) is 4.82. The van der Waals surface area contributed by atoms with Gasteiger partial charge in [-0.05, 0) is 26.5 Å². The average Bonchev–Trinajstić information content (AvgIpc) is 2.44. The molecule has 0 spiro atoms. The molecule has 2 N–H and O–H groups in total. The molecular formula is C15H19FN4O. The third-order valence-corrected chi connectivity index (χ3v) is 3.23. The predicted octanol–water partition coefficient (Wildman–Crippen LogP) is 1.73. The van der Waals surface area contributed by atoms with E-state index in [1.807, 2.05) is 20.8 Å². The molecule has 1 aromatic carbocycles. The van der Waals surface area contributed by atoms with Gasteiger partial charge in [-0.25, -0.2) is 14.4 Å². The molecule has 0 saturated heterocycles. The fourth-order valence-electron chi connectivity index (χ4n) is 2.01. The van der Waals surface area contributed by atoms with Crippen molar-refractivity contribution < 1.29 is 9.18 Å². The highest BCUT2D eigenvalue weighted by Crippen LogP contribution is 2.19. The number of halogens is 1. The molecule has 0 atom stereocenters. The van der Waals surface area contributed by atoms with Crippen molar-refractivity contribution in [2.24, 2.45) is 0 Å². The van der Waals surface area contributed by atoms with E-state index >= 15 is 0 Å². The van der Waals surface area contributed by atoms with Crippen LogP contribution in [-0.2, 0) is 0 Å². The van der Waals surface area contributed by atoms with Gasteiger partial charge in [-0.1, -0.05) is 6.92 Å². The van der Waals surface area contributed by atoms with Crippen LogP contribution < -0.4 is 10.6 Å². The number of likely N-dealkylation sites (N-methyl/N-ethyl adjacent to an activating group) is 1. The highest BCUT2D eigenvalue weighted by atomic mass is 19.1. The lowest BCUT2D eigenvalue weighted by molar-refractivity contribution is 0.0955. The summed E-state index contributed by atoms with van der Waals surface area (Å²) in [5, 5.41) is 5.85. The first-order valence-electron chi connectivity index (χ1n) is 6.96. The number of amides is 1. The van der Waals surface area contributed by atoms with Gasteiger partial charge in [-0.2, -0.15) is 0 Å². The molecule has 0 aliphatic rings. The Labute approximate surface area is 123 Å². The van der Waals surface area contributed by atoms with E-state index in [-0.39, 0.29) is 11.5 Å². The van der Waals surface area contributed by atoms with E-state index in [2.05, 4.69) is 20.6 Å². The van der Waals surface area contributed by atoms with Crippen molar-refractivity contribution in [2.75, 3.05) is 19.6 Å². The molecule has 5 nitrogen and oxygen atoms in total. The van der Waals surface area contributed by atoms with Crippen LogP contribution in [0, 0.1) is 19.7 Å². The zero-order chi connectivity index (χ0) is 15.4. The van der Waals surface area contributed by atoms with Crippen LogP contribution in [0.5, 0.6) is 0 Å². The molecule has 1 amide bonds. The summed E-state index contributed by atoms with van der Waals surface area (Å²) >= 11 is 0. The fourth-order valence-corrected chi connectivity index (χ4v) is 2.01. The molecule has 21 heavy (non-hydrogen) atoms. The second kappa shape index (κ2) is 6.58. The number of aryl methyl sites for hydroxylation is 2. The minimum Gasteiger partial charge on any atom is -0.351 e. The number of rotatable bonds is 5. The number of hydrogen-bond donors (Lipinski definition) is 2. The van der Waals surface area contributed by atoms with Crippen LogP contribution in [0.15, 0.2) is 12.1 Å². The minimum atomic E-state index is -0.489.